The van der Waals surface area contributed by atoms with Gasteiger partial charge in [0.2, 0.25) is 10.0 Å². The molecule has 0 saturated carbocycles. The molecular weight excluding hydrogens is 323 g/mol. The van der Waals surface area contributed by atoms with Gasteiger partial charge in [0.05, 0.1) is 4.90 Å². The molecule has 1 aromatic carbocycles. The topological polar surface area (TPSA) is 72.2 Å². The van der Waals surface area contributed by atoms with Gasteiger partial charge in [-0.1, -0.05) is 0 Å². The van der Waals surface area contributed by atoms with Crippen LogP contribution in [0.4, 0.5) is 4.39 Å². The number of nitrogens with one attached hydrogen (secondary N) is 1. The zero-order chi connectivity index (χ0) is 11.5. The van der Waals surface area contributed by atoms with Gasteiger partial charge in [-0.15, -0.1) is 12.4 Å². The van der Waals surface area contributed by atoms with Crippen LogP contribution in [0.5, 0.6) is 0 Å². The predicted molar refractivity (Wildman–Crippen MR) is 65.6 cm³/mol. The molecule has 0 unspecified atom stereocenters. The predicted octanol–water partition coefficient (Wildman–Crippen LogP) is 1.25. The maximum Gasteiger partial charge on any atom is 0.241 e. The maximum absolute atomic E-state index is 12.9. The third-order valence-corrected chi connectivity index (χ3v) is 4.07. The van der Waals surface area contributed by atoms with Gasteiger partial charge in [0, 0.05) is 17.6 Å². The smallest absolute Gasteiger partial charge is 0.241 e. The molecule has 92 valence electrons. The number of hydrogen-bond acceptors (Lipinski definition) is 3. The summed E-state index contributed by atoms with van der Waals surface area (Å²) < 4.78 is 38.6. The van der Waals surface area contributed by atoms with Gasteiger partial charge in [-0.05, 0) is 34.1 Å². The quantitative estimate of drug-likeness (QED) is 0.871. The number of benzene rings is 1. The molecule has 0 spiro atoms. The maximum atomic E-state index is 12.9. The van der Waals surface area contributed by atoms with Crippen LogP contribution in [0.15, 0.2) is 27.6 Å². The van der Waals surface area contributed by atoms with E-state index in [-0.39, 0.29) is 30.4 Å². The van der Waals surface area contributed by atoms with Crippen molar-refractivity contribution in [2.24, 2.45) is 5.73 Å². The normalized spacial score (nSPS) is 10.9. The molecule has 4 nitrogen and oxygen atoms in total. The minimum absolute atomic E-state index is 0. The Kier molecular flexibility index (Phi) is 6.42. The van der Waals surface area contributed by atoms with Crippen molar-refractivity contribution in [1.29, 1.82) is 0 Å². The molecule has 1 rings (SSSR count). The van der Waals surface area contributed by atoms with Crippen LogP contribution in [0, 0.1) is 5.82 Å². The fourth-order valence-corrected chi connectivity index (χ4v) is 2.97. The van der Waals surface area contributed by atoms with Crippen LogP contribution < -0.4 is 10.5 Å². The van der Waals surface area contributed by atoms with Gasteiger partial charge in [-0.3, -0.25) is 0 Å². The van der Waals surface area contributed by atoms with Crippen molar-refractivity contribution in [3.8, 4) is 0 Å². The molecule has 0 aromatic heterocycles. The Morgan fingerprint density at radius 1 is 1.44 bits per heavy atom. The van der Waals surface area contributed by atoms with Crippen molar-refractivity contribution < 1.29 is 12.8 Å². The second-order valence-corrected chi connectivity index (χ2v) is 5.35. The molecule has 0 bridgehead atoms. The lowest BCUT2D eigenvalue weighted by atomic mass is 10.3. The van der Waals surface area contributed by atoms with Gasteiger partial charge in [-0.25, -0.2) is 17.5 Å². The summed E-state index contributed by atoms with van der Waals surface area (Å²) in [4.78, 5) is -0.129. The molecule has 0 amide bonds. The molecule has 0 aliphatic rings. The minimum Gasteiger partial charge on any atom is -0.329 e. The van der Waals surface area contributed by atoms with Gasteiger partial charge in [0.1, 0.15) is 5.82 Å². The summed E-state index contributed by atoms with van der Waals surface area (Å²) in [7, 11) is -3.69. The first kappa shape index (κ1) is 15.8. The Morgan fingerprint density at radius 3 is 2.62 bits per heavy atom. The summed E-state index contributed by atoms with van der Waals surface area (Å²) in [6.45, 7) is 0.303. The lowest BCUT2D eigenvalue weighted by molar-refractivity contribution is 0.577. The highest BCUT2D eigenvalue weighted by Gasteiger charge is 2.17. The van der Waals surface area contributed by atoms with Crippen molar-refractivity contribution in [1.82, 2.24) is 4.72 Å². The number of halogens is 3. The van der Waals surface area contributed by atoms with Gasteiger partial charge in [-0.2, -0.15) is 0 Å². The van der Waals surface area contributed by atoms with E-state index in [1.807, 2.05) is 0 Å². The number of nitrogens with two attached hydrogens (primary N) is 1. The highest BCUT2D eigenvalue weighted by molar-refractivity contribution is 9.10. The van der Waals surface area contributed by atoms with Crippen molar-refractivity contribution in [3.05, 3.63) is 28.5 Å². The van der Waals surface area contributed by atoms with E-state index < -0.39 is 15.8 Å². The molecule has 16 heavy (non-hydrogen) atoms. The van der Waals surface area contributed by atoms with Crippen LogP contribution in [0.25, 0.3) is 0 Å². The Balaban J connectivity index is 0.00000225. The Hall–Kier alpha value is -0.210. The Labute approximate surface area is 108 Å². The van der Waals surface area contributed by atoms with Crippen LogP contribution in [0.2, 0.25) is 0 Å². The van der Waals surface area contributed by atoms with E-state index >= 15 is 0 Å². The summed E-state index contributed by atoms with van der Waals surface area (Å²) in [5, 5.41) is 0. The summed E-state index contributed by atoms with van der Waals surface area (Å²) in [5.74, 6) is -0.605. The average molecular weight is 334 g/mol. The van der Waals surface area contributed by atoms with Crippen LogP contribution in [0.3, 0.4) is 0 Å². The molecule has 0 heterocycles. The van der Waals surface area contributed by atoms with Crippen molar-refractivity contribution in [3.63, 3.8) is 0 Å². The van der Waals surface area contributed by atoms with Gasteiger partial charge in [0.25, 0.3) is 0 Å². The van der Waals surface area contributed by atoms with E-state index in [0.29, 0.717) is 4.47 Å². The molecule has 3 N–H and O–H groups in total. The van der Waals surface area contributed by atoms with Crippen LogP contribution >= 0.6 is 28.3 Å². The highest BCUT2D eigenvalue weighted by Crippen LogP contribution is 2.22. The molecule has 8 heteroatoms. The zero-order valence-corrected chi connectivity index (χ0v) is 11.3. The molecular formula is C8H11BrClFN2O2S. The van der Waals surface area contributed by atoms with Crippen molar-refractivity contribution >= 4 is 38.4 Å². The molecule has 0 radical (unpaired) electrons. The van der Waals surface area contributed by atoms with Gasteiger partial charge >= 0.3 is 0 Å². The second-order valence-electron chi connectivity index (χ2n) is 2.76. The van der Waals surface area contributed by atoms with Crippen LogP contribution in [-0.4, -0.2) is 21.5 Å². The first-order valence-electron chi connectivity index (χ1n) is 4.12. The van der Waals surface area contributed by atoms with E-state index in [2.05, 4.69) is 20.7 Å². The lowest BCUT2D eigenvalue weighted by Gasteiger charge is -2.07. The molecule has 1 aromatic rings. The average Bonchev–Trinajstić information content (AvgIpc) is 2.18. The standard InChI is InChI=1S/C8H10BrFN2O2S.ClH/c9-7-2-1-6(10)5-8(7)15(13,14)12-4-3-11;/h1-2,5,12H,3-4,11H2;1H. The zero-order valence-electron chi connectivity index (χ0n) is 8.11. The highest BCUT2D eigenvalue weighted by atomic mass is 79.9. The number of rotatable bonds is 4. The molecule has 0 saturated heterocycles. The SMILES string of the molecule is Cl.NCCNS(=O)(=O)c1cc(F)ccc1Br. The molecule has 0 fully saturated rings. The fourth-order valence-electron chi connectivity index (χ4n) is 0.954. The molecule has 0 aliphatic heterocycles. The summed E-state index contributed by atoms with van der Waals surface area (Å²) in [6.07, 6.45) is 0. The third kappa shape index (κ3) is 3.99. The van der Waals surface area contributed by atoms with E-state index in [4.69, 9.17) is 5.73 Å². The van der Waals surface area contributed by atoms with Gasteiger partial charge < -0.3 is 5.73 Å². The summed E-state index contributed by atoms with van der Waals surface area (Å²) in [6, 6.07) is 3.46. The third-order valence-electron chi connectivity index (χ3n) is 1.62. The summed E-state index contributed by atoms with van der Waals surface area (Å²) in [5.41, 5.74) is 5.17. The van der Waals surface area contributed by atoms with E-state index in [1.54, 1.807) is 0 Å². The molecule has 0 atom stereocenters. The Morgan fingerprint density at radius 2 is 2.06 bits per heavy atom. The first-order chi connectivity index (χ1) is 6.97. The fraction of sp³-hybridized carbons (Fsp3) is 0.250. The van der Waals surface area contributed by atoms with E-state index in [1.165, 1.54) is 12.1 Å². The number of hydrogen-bond donors (Lipinski definition) is 2. The largest absolute Gasteiger partial charge is 0.329 e. The summed E-state index contributed by atoms with van der Waals surface area (Å²) >= 11 is 3.04. The van der Waals surface area contributed by atoms with Crippen molar-refractivity contribution in [2.75, 3.05) is 13.1 Å². The van der Waals surface area contributed by atoms with Crippen LogP contribution in [-0.2, 0) is 10.0 Å². The Bertz CT molecular complexity index is 455. The van der Waals surface area contributed by atoms with E-state index in [9.17, 15) is 12.8 Å². The second kappa shape index (κ2) is 6.51. The minimum atomic E-state index is -3.69. The lowest BCUT2D eigenvalue weighted by Crippen LogP contribution is -2.29. The van der Waals surface area contributed by atoms with Crippen LogP contribution in [0.1, 0.15) is 0 Å². The van der Waals surface area contributed by atoms with E-state index in [0.717, 1.165) is 6.07 Å². The van der Waals surface area contributed by atoms with Gasteiger partial charge in [0.15, 0.2) is 0 Å². The van der Waals surface area contributed by atoms with Crippen molar-refractivity contribution in [2.45, 2.75) is 4.90 Å². The number of sulfonamides is 1. The first-order valence-corrected chi connectivity index (χ1v) is 6.40. The molecule has 0 aliphatic carbocycles. The monoisotopic (exact) mass is 332 g/mol.